The summed E-state index contributed by atoms with van der Waals surface area (Å²) in [6, 6.07) is 11.3. The Bertz CT molecular complexity index is 1080. The van der Waals surface area contributed by atoms with E-state index in [0.29, 0.717) is 6.04 Å². The Morgan fingerprint density at radius 2 is 1.77 bits per heavy atom. The van der Waals surface area contributed by atoms with Crippen LogP contribution in [0.5, 0.6) is 0 Å². The molecule has 2 saturated heterocycles. The van der Waals surface area contributed by atoms with Crippen molar-refractivity contribution in [2.24, 2.45) is 0 Å². The van der Waals surface area contributed by atoms with Crippen molar-refractivity contribution in [1.82, 2.24) is 14.1 Å². The van der Waals surface area contributed by atoms with Crippen molar-refractivity contribution in [3.05, 3.63) is 53.6 Å². The van der Waals surface area contributed by atoms with E-state index in [9.17, 15) is 4.21 Å². The van der Waals surface area contributed by atoms with Gasteiger partial charge in [-0.3, -0.25) is 4.90 Å². The lowest BCUT2D eigenvalue weighted by Gasteiger charge is -2.41. The quantitative estimate of drug-likeness (QED) is 0.686. The maximum atomic E-state index is 13.7. The zero-order chi connectivity index (χ0) is 21.1. The molecular weight excluding hydrogens is 404 g/mol. The van der Waals surface area contributed by atoms with Crippen molar-refractivity contribution in [2.45, 2.75) is 30.2 Å². The average Bonchev–Trinajstić information content (AvgIpc) is 3.19. The van der Waals surface area contributed by atoms with E-state index in [1.165, 1.54) is 53.7 Å². The van der Waals surface area contributed by atoms with Gasteiger partial charge in [-0.25, -0.2) is 8.51 Å². The molecule has 6 rings (SSSR count). The van der Waals surface area contributed by atoms with Gasteiger partial charge in [-0.2, -0.15) is 0 Å². The third kappa shape index (κ3) is 3.20. The van der Waals surface area contributed by atoms with Gasteiger partial charge < -0.3 is 10.2 Å². The molecule has 0 bridgehead atoms. The highest BCUT2D eigenvalue weighted by molar-refractivity contribution is 7.82. The summed E-state index contributed by atoms with van der Waals surface area (Å²) >= 11 is 0. The Morgan fingerprint density at radius 3 is 2.55 bits per heavy atom. The van der Waals surface area contributed by atoms with Crippen LogP contribution in [0.1, 0.15) is 29.5 Å². The fraction of sp³-hybridized carbons (Fsp3) is 0.440. The highest BCUT2D eigenvalue weighted by atomic mass is 32.2. The minimum atomic E-state index is -1.12. The van der Waals surface area contributed by atoms with Gasteiger partial charge in [0.1, 0.15) is 11.0 Å². The van der Waals surface area contributed by atoms with Crippen LogP contribution in [0.15, 0.2) is 41.8 Å². The average molecular weight is 435 g/mol. The fourth-order valence-electron chi connectivity index (χ4n) is 5.81. The van der Waals surface area contributed by atoms with E-state index in [4.69, 9.17) is 0 Å². The highest BCUT2D eigenvalue weighted by Gasteiger charge is 2.34. The van der Waals surface area contributed by atoms with Crippen molar-refractivity contribution in [2.75, 3.05) is 51.6 Å². The van der Waals surface area contributed by atoms with Crippen LogP contribution in [-0.4, -0.2) is 70.7 Å². The summed E-state index contributed by atoms with van der Waals surface area (Å²) in [5.41, 5.74) is 8.33. The van der Waals surface area contributed by atoms with Crippen LogP contribution in [-0.2, 0) is 17.4 Å². The molecule has 0 amide bonds. The second-order valence-electron chi connectivity index (χ2n) is 9.33. The summed E-state index contributed by atoms with van der Waals surface area (Å²) in [6.07, 6.45) is 3.37. The number of piperidine rings is 1. The Labute approximate surface area is 187 Å². The van der Waals surface area contributed by atoms with Gasteiger partial charge in [0.05, 0.1) is 4.90 Å². The first-order chi connectivity index (χ1) is 15.1. The van der Waals surface area contributed by atoms with E-state index in [1.807, 2.05) is 0 Å². The molecule has 3 aliphatic heterocycles. The number of likely N-dealkylation sites (tertiary alicyclic amines) is 1. The summed E-state index contributed by atoms with van der Waals surface area (Å²) in [7, 11) is 1.10. The number of piperazine rings is 1. The smallest absolute Gasteiger partial charge is 0.128 e. The second kappa shape index (κ2) is 7.55. The van der Waals surface area contributed by atoms with Gasteiger partial charge in [0.15, 0.2) is 0 Å². The Morgan fingerprint density at radius 1 is 1.00 bits per heavy atom. The largest absolute Gasteiger partial charge is 0.355 e. The Kier molecular flexibility index (Phi) is 4.79. The maximum absolute atomic E-state index is 13.7. The standard InChI is InChI=1S/C25H30N4OS/c1-17-20-5-3-4-18-16-21-23(7-6-22(26-17)25(21)24(18)20)31(30)29-14-12-28(13-15-29)19-8-10-27(2)11-9-19/h3-7,19,26H,1,8-16H2,2H3. The number of hydrogen-bond donors (Lipinski definition) is 1. The zero-order valence-electron chi connectivity index (χ0n) is 18.2. The van der Waals surface area contributed by atoms with E-state index in [1.54, 1.807) is 0 Å². The lowest BCUT2D eigenvalue weighted by atomic mass is 9.93. The van der Waals surface area contributed by atoms with Gasteiger partial charge in [-0.1, -0.05) is 24.8 Å². The lowest BCUT2D eigenvalue weighted by molar-refractivity contribution is 0.0906. The molecule has 1 unspecified atom stereocenters. The third-order valence-electron chi connectivity index (χ3n) is 7.55. The van der Waals surface area contributed by atoms with Gasteiger partial charge in [-0.05, 0) is 61.8 Å². The van der Waals surface area contributed by atoms with Crippen molar-refractivity contribution in [1.29, 1.82) is 0 Å². The van der Waals surface area contributed by atoms with E-state index in [2.05, 4.69) is 63.4 Å². The molecule has 2 fully saturated rings. The predicted molar refractivity (Wildman–Crippen MR) is 127 cm³/mol. The molecule has 0 spiro atoms. The zero-order valence-corrected chi connectivity index (χ0v) is 19.0. The molecule has 31 heavy (non-hydrogen) atoms. The third-order valence-corrected chi connectivity index (χ3v) is 9.14. The SMILES string of the molecule is C=C1Nc2ccc(S(=O)N3CCN(C4CCN(C)CC4)CC3)c3c2-c2c(cccc21)C3. The molecule has 2 aromatic rings. The molecule has 162 valence electrons. The molecule has 0 saturated carbocycles. The van der Waals surface area contributed by atoms with Crippen molar-refractivity contribution in [3.63, 3.8) is 0 Å². The Hall–Kier alpha value is -1.99. The summed E-state index contributed by atoms with van der Waals surface area (Å²) in [6.45, 7) is 10.4. The molecule has 1 N–H and O–H groups in total. The molecule has 3 heterocycles. The first-order valence-corrected chi connectivity index (χ1v) is 12.5. The van der Waals surface area contributed by atoms with Crippen LogP contribution >= 0.6 is 0 Å². The lowest BCUT2D eigenvalue weighted by Crippen LogP contribution is -2.53. The number of nitrogens with one attached hydrogen (secondary N) is 1. The van der Waals surface area contributed by atoms with Crippen LogP contribution < -0.4 is 5.32 Å². The first-order valence-electron chi connectivity index (χ1n) is 11.4. The monoisotopic (exact) mass is 434 g/mol. The van der Waals surface area contributed by atoms with Crippen LogP contribution in [0.4, 0.5) is 5.69 Å². The van der Waals surface area contributed by atoms with Gasteiger partial charge in [0.2, 0.25) is 0 Å². The maximum Gasteiger partial charge on any atom is 0.128 e. The molecule has 6 heteroatoms. The topological polar surface area (TPSA) is 38.8 Å². The van der Waals surface area contributed by atoms with Gasteiger partial charge in [0, 0.05) is 61.2 Å². The summed E-state index contributed by atoms with van der Waals surface area (Å²) < 4.78 is 15.9. The molecular formula is C25H30N4OS. The van der Waals surface area contributed by atoms with Crippen LogP contribution in [0.2, 0.25) is 0 Å². The van der Waals surface area contributed by atoms with E-state index in [-0.39, 0.29) is 0 Å². The summed E-state index contributed by atoms with van der Waals surface area (Å²) in [5.74, 6) is 0. The molecule has 0 radical (unpaired) electrons. The van der Waals surface area contributed by atoms with Crippen LogP contribution in [0, 0.1) is 0 Å². The normalized spacial score (nSPS) is 22.9. The summed E-state index contributed by atoms with van der Waals surface area (Å²) in [5, 5.41) is 3.46. The van der Waals surface area contributed by atoms with Gasteiger partial charge >= 0.3 is 0 Å². The van der Waals surface area contributed by atoms with E-state index >= 15 is 0 Å². The molecule has 2 aromatic carbocycles. The van der Waals surface area contributed by atoms with Gasteiger partial charge in [-0.15, -0.1) is 0 Å². The molecule has 1 atom stereocenters. The Balaban J connectivity index is 1.23. The minimum Gasteiger partial charge on any atom is -0.355 e. The van der Waals surface area contributed by atoms with Crippen molar-refractivity contribution in [3.8, 4) is 11.1 Å². The molecule has 4 aliphatic rings. The minimum absolute atomic E-state index is 0.695. The number of benzene rings is 2. The number of rotatable bonds is 3. The number of anilines is 1. The molecule has 5 nitrogen and oxygen atoms in total. The van der Waals surface area contributed by atoms with Gasteiger partial charge in [0.25, 0.3) is 0 Å². The number of nitrogens with zero attached hydrogens (tertiary/aromatic N) is 3. The second-order valence-corrected chi connectivity index (χ2v) is 10.8. The summed E-state index contributed by atoms with van der Waals surface area (Å²) in [4.78, 5) is 6.04. The predicted octanol–water partition coefficient (Wildman–Crippen LogP) is 3.39. The molecule has 1 aliphatic carbocycles. The van der Waals surface area contributed by atoms with E-state index < -0.39 is 11.0 Å². The fourth-order valence-corrected chi connectivity index (χ4v) is 7.15. The number of hydrogen-bond acceptors (Lipinski definition) is 4. The van der Waals surface area contributed by atoms with Crippen molar-refractivity contribution >= 4 is 22.4 Å². The van der Waals surface area contributed by atoms with Crippen molar-refractivity contribution < 1.29 is 4.21 Å². The van der Waals surface area contributed by atoms with Crippen LogP contribution in [0.3, 0.4) is 0 Å². The van der Waals surface area contributed by atoms with Crippen LogP contribution in [0.25, 0.3) is 16.8 Å². The molecule has 0 aromatic heterocycles. The first kappa shape index (κ1) is 19.7. The highest BCUT2D eigenvalue weighted by Crippen LogP contribution is 2.50. The van der Waals surface area contributed by atoms with E-state index in [0.717, 1.165) is 48.9 Å².